The van der Waals surface area contributed by atoms with Gasteiger partial charge in [0.15, 0.2) is 0 Å². The molecule has 0 bridgehead atoms. The van der Waals surface area contributed by atoms with Crippen LogP contribution in [0.25, 0.3) is 0 Å². The second-order valence-electron chi connectivity index (χ2n) is 6.16. The zero-order chi connectivity index (χ0) is 20.7. The van der Waals surface area contributed by atoms with Crippen LogP contribution in [0.3, 0.4) is 0 Å². The molecule has 2 aromatic carbocycles. The highest BCUT2D eigenvalue weighted by molar-refractivity contribution is 8.13. The monoisotopic (exact) mass is 424 g/mol. The van der Waals surface area contributed by atoms with Gasteiger partial charge < -0.3 is 14.4 Å². The predicted molar refractivity (Wildman–Crippen MR) is 111 cm³/mol. The summed E-state index contributed by atoms with van der Waals surface area (Å²) in [6, 6.07) is 11.3. The second-order valence-corrected chi connectivity index (χ2v) is 8.87. The highest BCUT2D eigenvalue weighted by Crippen LogP contribution is 2.26. The van der Waals surface area contributed by atoms with Crippen LogP contribution in [0.4, 0.5) is 10.5 Å². The standard InChI is InChI=1S/C19H24N2O5S2/c1-14-13-17(9-10-18(14)26-12-11-25-4)28(23,24)20-15-5-7-16(8-6-15)27-19(22)21(2)3/h5-10,13,20H,11-12H2,1-4H3. The molecule has 1 N–H and O–H groups in total. The van der Waals surface area contributed by atoms with Crippen molar-refractivity contribution in [2.45, 2.75) is 16.7 Å². The Kier molecular flexibility index (Phi) is 7.73. The summed E-state index contributed by atoms with van der Waals surface area (Å²) < 4.78 is 38.3. The molecule has 0 saturated carbocycles. The molecule has 0 aromatic heterocycles. The molecule has 152 valence electrons. The second kappa shape index (κ2) is 9.81. The van der Waals surface area contributed by atoms with E-state index in [9.17, 15) is 13.2 Å². The summed E-state index contributed by atoms with van der Waals surface area (Å²) in [5.41, 5.74) is 1.13. The maximum absolute atomic E-state index is 12.6. The molecule has 7 nitrogen and oxygen atoms in total. The van der Waals surface area contributed by atoms with Crippen molar-refractivity contribution in [3.8, 4) is 5.75 Å². The number of hydrogen-bond donors (Lipinski definition) is 1. The average molecular weight is 425 g/mol. The normalized spacial score (nSPS) is 11.1. The SMILES string of the molecule is COCCOc1ccc(S(=O)(=O)Nc2ccc(SC(=O)N(C)C)cc2)cc1C. The molecule has 9 heteroatoms. The summed E-state index contributed by atoms with van der Waals surface area (Å²) in [6.45, 7) is 2.63. The predicted octanol–water partition coefficient (Wildman–Crippen LogP) is 3.59. The third-order valence-electron chi connectivity index (χ3n) is 3.68. The van der Waals surface area contributed by atoms with Gasteiger partial charge in [0.05, 0.1) is 11.5 Å². The highest BCUT2D eigenvalue weighted by Gasteiger charge is 2.16. The Morgan fingerprint density at radius 2 is 1.79 bits per heavy atom. The van der Waals surface area contributed by atoms with E-state index in [-0.39, 0.29) is 10.1 Å². The van der Waals surface area contributed by atoms with Gasteiger partial charge in [-0.05, 0) is 66.7 Å². The molecule has 0 aliphatic carbocycles. The van der Waals surface area contributed by atoms with E-state index in [0.29, 0.717) is 30.2 Å². The number of ether oxygens (including phenoxy) is 2. The fourth-order valence-electron chi connectivity index (χ4n) is 2.18. The minimum atomic E-state index is -3.74. The zero-order valence-electron chi connectivity index (χ0n) is 16.3. The molecule has 0 radical (unpaired) electrons. The first-order valence-corrected chi connectivity index (χ1v) is 10.8. The van der Waals surface area contributed by atoms with Crippen LogP contribution in [-0.4, -0.2) is 53.0 Å². The van der Waals surface area contributed by atoms with E-state index in [1.54, 1.807) is 64.5 Å². The Morgan fingerprint density at radius 3 is 2.36 bits per heavy atom. The minimum Gasteiger partial charge on any atom is -0.491 e. The van der Waals surface area contributed by atoms with Gasteiger partial charge in [0, 0.05) is 31.8 Å². The third-order valence-corrected chi connectivity index (χ3v) is 6.11. The lowest BCUT2D eigenvalue weighted by molar-refractivity contribution is 0.146. The van der Waals surface area contributed by atoms with Gasteiger partial charge >= 0.3 is 0 Å². The van der Waals surface area contributed by atoms with Crippen molar-refractivity contribution in [3.63, 3.8) is 0 Å². The number of benzene rings is 2. The quantitative estimate of drug-likeness (QED) is 0.515. The number of carbonyl (C=O) groups excluding carboxylic acids is 1. The number of nitrogens with one attached hydrogen (secondary N) is 1. The number of nitrogens with zero attached hydrogens (tertiary/aromatic N) is 1. The number of aryl methyl sites for hydroxylation is 1. The maximum Gasteiger partial charge on any atom is 0.285 e. The van der Waals surface area contributed by atoms with E-state index in [1.807, 2.05) is 0 Å². The number of methoxy groups -OCH3 is 1. The number of anilines is 1. The van der Waals surface area contributed by atoms with Crippen molar-refractivity contribution in [2.75, 3.05) is 39.1 Å². The van der Waals surface area contributed by atoms with Crippen LogP contribution in [0.1, 0.15) is 5.56 Å². The Balaban J connectivity index is 2.08. The number of thioether (sulfide) groups is 1. The maximum atomic E-state index is 12.6. The number of rotatable bonds is 8. The van der Waals surface area contributed by atoms with Crippen molar-refractivity contribution >= 4 is 32.7 Å². The van der Waals surface area contributed by atoms with Gasteiger partial charge in [-0.25, -0.2) is 8.42 Å². The number of amides is 1. The summed E-state index contributed by atoms with van der Waals surface area (Å²) in [6.07, 6.45) is 0. The number of hydrogen-bond acceptors (Lipinski definition) is 6. The van der Waals surface area contributed by atoms with Crippen molar-refractivity contribution in [1.82, 2.24) is 4.90 Å². The summed E-state index contributed by atoms with van der Waals surface area (Å²) >= 11 is 1.07. The van der Waals surface area contributed by atoms with Crippen LogP contribution in [0.5, 0.6) is 5.75 Å². The van der Waals surface area contributed by atoms with Gasteiger partial charge in [-0.3, -0.25) is 9.52 Å². The first-order valence-electron chi connectivity index (χ1n) is 8.47. The van der Waals surface area contributed by atoms with Crippen molar-refractivity contribution in [2.24, 2.45) is 0 Å². The molecule has 0 saturated heterocycles. The number of carbonyl (C=O) groups is 1. The summed E-state index contributed by atoms with van der Waals surface area (Å²) in [7, 11) is 1.20. The smallest absolute Gasteiger partial charge is 0.285 e. The molecule has 0 spiro atoms. The number of sulfonamides is 1. The molecule has 2 aromatic rings. The van der Waals surface area contributed by atoms with Crippen molar-refractivity contribution in [3.05, 3.63) is 48.0 Å². The largest absolute Gasteiger partial charge is 0.491 e. The van der Waals surface area contributed by atoms with Gasteiger partial charge in [0.25, 0.3) is 15.3 Å². The van der Waals surface area contributed by atoms with Gasteiger partial charge in [-0.1, -0.05) is 0 Å². The van der Waals surface area contributed by atoms with Crippen molar-refractivity contribution < 1.29 is 22.7 Å². The first kappa shape index (κ1) is 22.1. The van der Waals surface area contributed by atoms with E-state index in [0.717, 1.165) is 16.7 Å². The van der Waals surface area contributed by atoms with Crippen LogP contribution >= 0.6 is 11.8 Å². The highest BCUT2D eigenvalue weighted by atomic mass is 32.2. The minimum absolute atomic E-state index is 0.100. The van der Waals surface area contributed by atoms with E-state index in [4.69, 9.17) is 9.47 Å². The van der Waals surface area contributed by atoms with Crippen LogP contribution in [0.2, 0.25) is 0 Å². The molecule has 0 aliphatic rings. The van der Waals surface area contributed by atoms with Crippen LogP contribution < -0.4 is 9.46 Å². The van der Waals surface area contributed by atoms with Gasteiger partial charge in [0.1, 0.15) is 12.4 Å². The Morgan fingerprint density at radius 1 is 1.11 bits per heavy atom. The van der Waals surface area contributed by atoms with E-state index >= 15 is 0 Å². The molecule has 0 fully saturated rings. The topological polar surface area (TPSA) is 84.9 Å². The Bertz CT molecular complexity index is 912. The van der Waals surface area contributed by atoms with Gasteiger partial charge in [-0.15, -0.1) is 0 Å². The average Bonchev–Trinajstić information content (AvgIpc) is 2.64. The third kappa shape index (κ3) is 6.15. The lowest BCUT2D eigenvalue weighted by Crippen LogP contribution is -2.16. The molecule has 28 heavy (non-hydrogen) atoms. The van der Waals surface area contributed by atoms with E-state index in [1.165, 1.54) is 11.0 Å². The lowest BCUT2D eigenvalue weighted by Gasteiger charge is -2.13. The van der Waals surface area contributed by atoms with Crippen molar-refractivity contribution in [1.29, 1.82) is 0 Å². The molecule has 2 rings (SSSR count). The Labute approximate surface area is 170 Å². The van der Waals surface area contributed by atoms with Crippen LogP contribution in [0, 0.1) is 6.92 Å². The molecule has 1 amide bonds. The lowest BCUT2D eigenvalue weighted by atomic mass is 10.2. The summed E-state index contributed by atoms with van der Waals surface area (Å²) in [5.74, 6) is 0.614. The fraction of sp³-hybridized carbons (Fsp3) is 0.316. The van der Waals surface area contributed by atoms with Gasteiger partial charge in [-0.2, -0.15) is 0 Å². The molecule has 0 unspecified atom stereocenters. The zero-order valence-corrected chi connectivity index (χ0v) is 17.9. The molecule has 0 aliphatic heterocycles. The van der Waals surface area contributed by atoms with Gasteiger partial charge in [0.2, 0.25) is 0 Å². The summed E-state index contributed by atoms with van der Waals surface area (Å²) in [5, 5.41) is -0.100. The summed E-state index contributed by atoms with van der Waals surface area (Å²) in [4.78, 5) is 14.1. The molecule has 0 heterocycles. The van der Waals surface area contributed by atoms with Crippen LogP contribution in [-0.2, 0) is 14.8 Å². The molecular formula is C19H24N2O5S2. The Hall–Kier alpha value is -2.23. The molecular weight excluding hydrogens is 400 g/mol. The van der Waals surface area contributed by atoms with E-state index < -0.39 is 10.0 Å². The molecule has 0 atom stereocenters. The van der Waals surface area contributed by atoms with E-state index in [2.05, 4.69) is 4.72 Å². The first-order chi connectivity index (χ1) is 13.2. The fourth-order valence-corrected chi connectivity index (χ4v) is 3.98. The van der Waals surface area contributed by atoms with Crippen LogP contribution in [0.15, 0.2) is 52.3 Å².